The van der Waals surface area contributed by atoms with Crippen LogP contribution in [0.2, 0.25) is 0 Å². The molecule has 1 atom stereocenters. The second kappa shape index (κ2) is 7.73. The quantitative estimate of drug-likeness (QED) is 0.708. The van der Waals surface area contributed by atoms with E-state index in [4.69, 9.17) is 0 Å². The number of carbonyl (C=O) groups is 1. The third kappa shape index (κ3) is 5.46. The number of H-pyrrole nitrogens is 1. The van der Waals surface area contributed by atoms with Crippen molar-refractivity contribution in [2.75, 3.05) is 6.54 Å². The molecule has 0 radical (unpaired) electrons. The van der Waals surface area contributed by atoms with Crippen molar-refractivity contribution in [2.45, 2.75) is 60.5 Å². The van der Waals surface area contributed by atoms with Crippen LogP contribution in [-0.2, 0) is 11.2 Å². The summed E-state index contributed by atoms with van der Waals surface area (Å²) < 4.78 is 0. The predicted molar refractivity (Wildman–Crippen MR) is 90.3 cm³/mol. The topological polar surface area (TPSA) is 95.1 Å². The highest BCUT2D eigenvalue weighted by atomic mass is 16.3. The van der Waals surface area contributed by atoms with Crippen molar-refractivity contribution in [2.24, 2.45) is 11.3 Å². The molecule has 0 aromatic carbocycles. The predicted octanol–water partition coefficient (Wildman–Crippen LogP) is 1.48. The minimum Gasteiger partial charge on any atom is -0.392 e. The molecule has 1 unspecified atom stereocenters. The number of hydrogen-bond acceptors (Lipinski definition) is 4. The first-order valence-corrected chi connectivity index (χ1v) is 8.05. The summed E-state index contributed by atoms with van der Waals surface area (Å²) in [6, 6.07) is 0. The smallest absolute Gasteiger partial charge is 0.254 e. The molecule has 0 saturated carbocycles. The van der Waals surface area contributed by atoms with E-state index in [1.807, 2.05) is 27.7 Å². The van der Waals surface area contributed by atoms with Crippen molar-refractivity contribution < 1.29 is 9.90 Å². The van der Waals surface area contributed by atoms with E-state index in [0.717, 1.165) is 0 Å². The van der Waals surface area contributed by atoms with Crippen LogP contribution in [-0.4, -0.2) is 33.6 Å². The third-order valence-corrected chi connectivity index (χ3v) is 4.12. The van der Waals surface area contributed by atoms with E-state index in [9.17, 15) is 14.7 Å². The van der Waals surface area contributed by atoms with E-state index in [-0.39, 0.29) is 23.8 Å². The summed E-state index contributed by atoms with van der Waals surface area (Å²) in [7, 11) is 0. The highest BCUT2D eigenvalue weighted by molar-refractivity contribution is 5.76. The minimum atomic E-state index is -0.491. The van der Waals surface area contributed by atoms with Crippen LogP contribution < -0.4 is 10.9 Å². The van der Waals surface area contributed by atoms with Crippen LogP contribution in [0.3, 0.4) is 0 Å². The van der Waals surface area contributed by atoms with Crippen molar-refractivity contribution in [3.05, 3.63) is 27.4 Å². The molecule has 1 aromatic heterocycles. The van der Waals surface area contributed by atoms with E-state index in [2.05, 4.69) is 15.3 Å². The van der Waals surface area contributed by atoms with Crippen LogP contribution in [0.5, 0.6) is 0 Å². The maximum Gasteiger partial charge on any atom is 0.254 e. The van der Waals surface area contributed by atoms with Crippen LogP contribution in [0.25, 0.3) is 0 Å². The number of aromatic nitrogens is 2. The molecule has 3 N–H and O–H groups in total. The highest BCUT2D eigenvalue weighted by Crippen LogP contribution is 2.25. The van der Waals surface area contributed by atoms with Gasteiger partial charge in [-0.2, -0.15) is 0 Å². The molecule has 6 heteroatoms. The number of carbonyl (C=O) groups excluding carboxylic acids is 1. The molecule has 0 aliphatic rings. The van der Waals surface area contributed by atoms with Gasteiger partial charge in [-0.3, -0.25) is 9.59 Å². The second-order valence-electron chi connectivity index (χ2n) is 7.17. The van der Waals surface area contributed by atoms with Crippen molar-refractivity contribution in [1.82, 2.24) is 15.3 Å². The zero-order chi connectivity index (χ0) is 17.8. The van der Waals surface area contributed by atoms with Gasteiger partial charge in [0.15, 0.2) is 0 Å². The average Bonchev–Trinajstić information content (AvgIpc) is 2.43. The fourth-order valence-electron chi connectivity index (χ4n) is 2.71. The van der Waals surface area contributed by atoms with Crippen molar-refractivity contribution in [1.29, 1.82) is 0 Å². The summed E-state index contributed by atoms with van der Waals surface area (Å²) in [6.07, 6.45) is 0.0878. The average molecular weight is 323 g/mol. The Morgan fingerprint density at radius 2 is 1.96 bits per heavy atom. The van der Waals surface area contributed by atoms with Gasteiger partial charge in [0.1, 0.15) is 5.82 Å². The lowest BCUT2D eigenvalue weighted by atomic mass is 9.80. The largest absolute Gasteiger partial charge is 0.392 e. The van der Waals surface area contributed by atoms with Gasteiger partial charge < -0.3 is 15.4 Å². The Hall–Kier alpha value is -1.69. The molecule has 23 heavy (non-hydrogen) atoms. The third-order valence-electron chi connectivity index (χ3n) is 4.12. The number of aryl methyl sites for hydroxylation is 2. The summed E-state index contributed by atoms with van der Waals surface area (Å²) in [5, 5.41) is 13.0. The van der Waals surface area contributed by atoms with Gasteiger partial charge in [0.05, 0.1) is 6.10 Å². The van der Waals surface area contributed by atoms with E-state index >= 15 is 0 Å². The summed E-state index contributed by atoms with van der Waals surface area (Å²) in [6.45, 7) is 11.7. The summed E-state index contributed by atoms with van der Waals surface area (Å²) >= 11 is 0. The van der Waals surface area contributed by atoms with Crippen molar-refractivity contribution in [3.63, 3.8) is 0 Å². The zero-order valence-electron chi connectivity index (χ0n) is 15.0. The van der Waals surface area contributed by atoms with Crippen LogP contribution in [0, 0.1) is 25.2 Å². The molecule has 0 aliphatic heterocycles. The van der Waals surface area contributed by atoms with Crippen molar-refractivity contribution >= 4 is 5.91 Å². The van der Waals surface area contributed by atoms with Gasteiger partial charge in [-0.1, -0.05) is 27.7 Å². The van der Waals surface area contributed by atoms with Crippen molar-refractivity contribution in [3.8, 4) is 0 Å². The lowest BCUT2D eigenvalue weighted by Crippen LogP contribution is -2.43. The SMILES string of the molecule is Cc1nc(C)c(CCC(=O)NCC(C)(C)C(O)C(C)C)c(=O)[nH]1. The Morgan fingerprint density at radius 3 is 2.48 bits per heavy atom. The molecule has 1 aromatic rings. The van der Waals surface area contributed by atoms with Gasteiger partial charge >= 0.3 is 0 Å². The van der Waals surface area contributed by atoms with E-state index < -0.39 is 11.5 Å². The number of rotatable bonds is 7. The zero-order valence-corrected chi connectivity index (χ0v) is 15.0. The van der Waals surface area contributed by atoms with Crippen LogP contribution >= 0.6 is 0 Å². The van der Waals surface area contributed by atoms with E-state index in [1.165, 1.54) is 0 Å². The number of aliphatic hydroxyl groups excluding tert-OH is 1. The fraction of sp³-hybridized carbons (Fsp3) is 0.706. The maximum absolute atomic E-state index is 12.0. The Labute approximate surface area is 137 Å². The van der Waals surface area contributed by atoms with Crippen LogP contribution in [0.15, 0.2) is 4.79 Å². The number of nitrogens with one attached hydrogen (secondary N) is 2. The number of aliphatic hydroxyl groups is 1. The van der Waals surface area contributed by atoms with Gasteiger partial charge in [0.2, 0.25) is 5.91 Å². The van der Waals surface area contributed by atoms with Gasteiger partial charge in [-0.15, -0.1) is 0 Å². The second-order valence-corrected chi connectivity index (χ2v) is 7.17. The summed E-state index contributed by atoms with van der Waals surface area (Å²) in [4.78, 5) is 30.8. The summed E-state index contributed by atoms with van der Waals surface area (Å²) in [5.74, 6) is 0.570. The highest BCUT2D eigenvalue weighted by Gasteiger charge is 2.30. The maximum atomic E-state index is 12.0. The standard InChI is InChI=1S/C17H29N3O3/c1-10(2)15(22)17(5,6)9-18-14(21)8-7-13-11(3)19-12(4)20-16(13)23/h10,15,22H,7-9H2,1-6H3,(H,18,21)(H,19,20,23). The molecule has 0 fully saturated rings. The lowest BCUT2D eigenvalue weighted by Gasteiger charge is -2.33. The fourth-order valence-corrected chi connectivity index (χ4v) is 2.71. The molecule has 6 nitrogen and oxygen atoms in total. The van der Waals surface area contributed by atoms with Crippen LogP contribution in [0.1, 0.15) is 51.2 Å². The van der Waals surface area contributed by atoms with E-state index in [1.54, 1.807) is 13.8 Å². The molecule has 130 valence electrons. The molecule has 0 bridgehead atoms. The first-order valence-electron chi connectivity index (χ1n) is 8.05. The monoisotopic (exact) mass is 323 g/mol. The Bertz CT molecular complexity index is 606. The Kier molecular flexibility index (Phi) is 6.50. The molecular formula is C17H29N3O3. The molecule has 1 rings (SSSR count). The normalized spacial score (nSPS) is 13.2. The first-order chi connectivity index (χ1) is 10.5. The molecule has 0 aliphatic carbocycles. The van der Waals surface area contributed by atoms with Gasteiger partial charge in [-0.05, 0) is 26.2 Å². The number of aromatic amines is 1. The Morgan fingerprint density at radius 1 is 1.35 bits per heavy atom. The molecule has 0 saturated heterocycles. The lowest BCUT2D eigenvalue weighted by molar-refractivity contribution is -0.122. The van der Waals surface area contributed by atoms with Gasteiger partial charge in [0.25, 0.3) is 5.56 Å². The molecule has 1 amide bonds. The molecular weight excluding hydrogens is 294 g/mol. The van der Waals surface area contributed by atoms with E-state index in [0.29, 0.717) is 30.0 Å². The Balaban J connectivity index is 2.58. The van der Waals surface area contributed by atoms with Gasteiger partial charge in [0, 0.05) is 29.6 Å². The molecule has 1 heterocycles. The number of nitrogens with zero attached hydrogens (tertiary/aromatic N) is 1. The minimum absolute atomic E-state index is 0.127. The van der Waals surface area contributed by atoms with Crippen LogP contribution in [0.4, 0.5) is 0 Å². The first kappa shape index (κ1) is 19.4. The summed E-state index contributed by atoms with van der Waals surface area (Å²) in [5.41, 5.74) is 0.628. The number of hydrogen-bond donors (Lipinski definition) is 3. The molecule has 0 spiro atoms. The van der Waals surface area contributed by atoms with Gasteiger partial charge in [-0.25, -0.2) is 4.98 Å². The number of amides is 1.